The summed E-state index contributed by atoms with van der Waals surface area (Å²) in [6.45, 7) is 1.15. The standard InChI is InChI=1S/C19H8F6N2O2/c1-7-9(4-8-2-3-10(19(23,24)25)13(6-26)27-8)18(29)15-14(17(7)28)11(20)5-12(21)16(15)22/h2-3,5H,4H2,1H3. The zero-order chi connectivity index (χ0) is 21.7. The summed E-state index contributed by atoms with van der Waals surface area (Å²) in [5, 5.41) is 8.91. The van der Waals surface area contributed by atoms with Crippen molar-refractivity contribution in [2.45, 2.75) is 19.5 Å². The van der Waals surface area contributed by atoms with Crippen molar-refractivity contribution in [3.05, 3.63) is 74.9 Å². The van der Waals surface area contributed by atoms with Gasteiger partial charge in [-0.15, -0.1) is 0 Å². The lowest BCUT2D eigenvalue weighted by molar-refractivity contribution is -0.138. The van der Waals surface area contributed by atoms with E-state index in [-0.39, 0.29) is 22.9 Å². The van der Waals surface area contributed by atoms with Gasteiger partial charge in [0.05, 0.1) is 16.7 Å². The zero-order valence-corrected chi connectivity index (χ0v) is 14.4. The first-order chi connectivity index (χ1) is 13.5. The van der Waals surface area contributed by atoms with Crippen molar-refractivity contribution >= 4 is 11.6 Å². The Morgan fingerprint density at radius 3 is 2.28 bits per heavy atom. The molecule has 0 spiro atoms. The van der Waals surface area contributed by atoms with E-state index in [1.807, 2.05) is 0 Å². The third kappa shape index (κ3) is 3.29. The lowest BCUT2D eigenvalue weighted by Crippen LogP contribution is -2.26. The number of rotatable bonds is 2. The lowest BCUT2D eigenvalue weighted by Gasteiger charge is -2.20. The monoisotopic (exact) mass is 410 g/mol. The van der Waals surface area contributed by atoms with Crippen molar-refractivity contribution in [2.24, 2.45) is 0 Å². The number of allylic oxidation sites excluding steroid dienone is 2. The van der Waals surface area contributed by atoms with E-state index < -0.39 is 64.0 Å². The average molecular weight is 410 g/mol. The number of Topliss-reactive ketones (excluding diaryl/α,β-unsaturated/α-hetero) is 2. The normalized spacial score (nSPS) is 14.1. The van der Waals surface area contributed by atoms with Crippen LogP contribution in [0.5, 0.6) is 0 Å². The molecule has 1 aromatic carbocycles. The summed E-state index contributed by atoms with van der Waals surface area (Å²) >= 11 is 0. The predicted octanol–water partition coefficient (Wildman–Crippen LogP) is 4.33. The Labute approximate surface area is 159 Å². The Morgan fingerprint density at radius 2 is 1.69 bits per heavy atom. The summed E-state index contributed by atoms with van der Waals surface area (Å²) in [5.74, 6) is -7.02. The molecule has 0 saturated heterocycles. The van der Waals surface area contributed by atoms with Crippen LogP contribution in [0.4, 0.5) is 26.3 Å². The zero-order valence-electron chi connectivity index (χ0n) is 14.4. The minimum Gasteiger partial charge on any atom is -0.289 e. The molecule has 148 valence electrons. The van der Waals surface area contributed by atoms with Gasteiger partial charge in [-0.2, -0.15) is 18.4 Å². The second-order valence-electron chi connectivity index (χ2n) is 6.15. The number of hydrogen-bond acceptors (Lipinski definition) is 4. The summed E-state index contributed by atoms with van der Waals surface area (Å²) in [6.07, 6.45) is -5.38. The van der Waals surface area contributed by atoms with Crippen LogP contribution in [-0.2, 0) is 12.6 Å². The van der Waals surface area contributed by atoms with Gasteiger partial charge in [-0.1, -0.05) is 0 Å². The van der Waals surface area contributed by atoms with Crippen LogP contribution in [0.2, 0.25) is 0 Å². The van der Waals surface area contributed by atoms with Gasteiger partial charge in [0.25, 0.3) is 0 Å². The molecule has 0 bridgehead atoms. The number of ketones is 2. The number of alkyl halides is 3. The van der Waals surface area contributed by atoms with E-state index in [9.17, 15) is 35.9 Å². The fraction of sp³-hybridized carbons (Fsp3) is 0.158. The number of aromatic nitrogens is 1. The molecule has 0 atom stereocenters. The van der Waals surface area contributed by atoms with Crippen molar-refractivity contribution in [1.29, 1.82) is 5.26 Å². The molecular weight excluding hydrogens is 402 g/mol. The molecule has 1 aromatic heterocycles. The second-order valence-corrected chi connectivity index (χ2v) is 6.15. The summed E-state index contributed by atoms with van der Waals surface area (Å²) in [5.41, 5.74) is -5.10. The maximum atomic E-state index is 14.1. The van der Waals surface area contributed by atoms with E-state index in [2.05, 4.69) is 4.98 Å². The second kappa shape index (κ2) is 6.84. The molecule has 0 N–H and O–H groups in total. The van der Waals surface area contributed by atoms with E-state index in [0.29, 0.717) is 6.07 Å². The molecule has 29 heavy (non-hydrogen) atoms. The van der Waals surface area contributed by atoms with Crippen LogP contribution in [0.25, 0.3) is 0 Å². The molecule has 0 fully saturated rings. The van der Waals surface area contributed by atoms with Crippen LogP contribution in [-0.4, -0.2) is 16.6 Å². The molecule has 0 saturated carbocycles. The molecule has 0 aliphatic heterocycles. The Morgan fingerprint density at radius 1 is 1.03 bits per heavy atom. The Hall–Kier alpha value is -3.48. The highest BCUT2D eigenvalue weighted by Crippen LogP contribution is 2.34. The number of nitriles is 1. The first kappa shape index (κ1) is 20.3. The fourth-order valence-electron chi connectivity index (χ4n) is 2.98. The van der Waals surface area contributed by atoms with Crippen LogP contribution in [0.1, 0.15) is 44.6 Å². The average Bonchev–Trinajstić information content (AvgIpc) is 2.65. The van der Waals surface area contributed by atoms with E-state index in [0.717, 1.165) is 13.0 Å². The van der Waals surface area contributed by atoms with Gasteiger partial charge >= 0.3 is 6.18 Å². The predicted molar refractivity (Wildman–Crippen MR) is 85.3 cm³/mol. The van der Waals surface area contributed by atoms with Gasteiger partial charge in [0.1, 0.15) is 11.9 Å². The Bertz CT molecular complexity index is 1160. The highest BCUT2D eigenvalue weighted by Gasteiger charge is 2.37. The smallest absolute Gasteiger partial charge is 0.289 e. The van der Waals surface area contributed by atoms with Crippen LogP contribution in [0.15, 0.2) is 29.3 Å². The summed E-state index contributed by atoms with van der Waals surface area (Å²) < 4.78 is 80.2. The molecular formula is C19H8F6N2O2. The first-order valence-electron chi connectivity index (χ1n) is 7.91. The first-order valence-corrected chi connectivity index (χ1v) is 7.91. The molecule has 0 radical (unpaired) electrons. The third-order valence-corrected chi connectivity index (χ3v) is 4.42. The van der Waals surface area contributed by atoms with Gasteiger partial charge in [0.2, 0.25) is 0 Å². The van der Waals surface area contributed by atoms with Crippen molar-refractivity contribution < 1.29 is 35.9 Å². The molecule has 3 rings (SSSR count). The number of fused-ring (bicyclic) bond motifs is 1. The van der Waals surface area contributed by atoms with Crippen LogP contribution in [0, 0.1) is 28.8 Å². The van der Waals surface area contributed by atoms with Crippen molar-refractivity contribution in [2.75, 3.05) is 0 Å². The highest BCUT2D eigenvalue weighted by atomic mass is 19.4. The Kier molecular flexibility index (Phi) is 4.78. The maximum Gasteiger partial charge on any atom is 0.419 e. The molecule has 2 aromatic rings. The number of pyridine rings is 1. The molecule has 0 unspecified atom stereocenters. The highest BCUT2D eigenvalue weighted by molar-refractivity contribution is 6.27. The summed E-state index contributed by atoms with van der Waals surface area (Å²) in [7, 11) is 0. The van der Waals surface area contributed by atoms with Crippen molar-refractivity contribution in [1.82, 2.24) is 4.98 Å². The van der Waals surface area contributed by atoms with Gasteiger partial charge in [-0.25, -0.2) is 18.2 Å². The molecule has 1 aliphatic carbocycles. The SMILES string of the molecule is CC1=C(Cc2ccc(C(F)(F)F)c(C#N)n2)C(=O)c2c(F)c(F)cc(F)c2C1=O. The minimum absolute atomic E-state index is 0.147. The number of nitrogens with zero attached hydrogens (tertiary/aromatic N) is 2. The van der Waals surface area contributed by atoms with Crippen LogP contribution < -0.4 is 0 Å². The van der Waals surface area contributed by atoms with E-state index in [4.69, 9.17) is 5.26 Å². The summed E-state index contributed by atoms with van der Waals surface area (Å²) in [4.78, 5) is 28.6. The van der Waals surface area contributed by atoms with Gasteiger partial charge in [-0.3, -0.25) is 9.59 Å². The van der Waals surface area contributed by atoms with Crippen molar-refractivity contribution in [3.63, 3.8) is 0 Å². The lowest BCUT2D eigenvalue weighted by atomic mass is 9.82. The minimum atomic E-state index is -4.83. The largest absolute Gasteiger partial charge is 0.419 e. The quantitative estimate of drug-likeness (QED) is 0.546. The molecule has 10 heteroatoms. The molecule has 1 heterocycles. The number of benzene rings is 1. The maximum absolute atomic E-state index is 14.1. The van der Waals surface area contributed by atoms with Gasteiger partial charge < -0.3 is 0 Å². The molecule has 4 nitrogen and oxygen atoms in total. The van der Waals surface area contributed by atoms with Crippen LogP contribution in [0.3, 0.4) is 0 Å². The number of carbonyl (C=O) groups excluding carboxylic acids is 2. The third-order valence-electron chi connectivity index (χ3n) is 4.42. The fourth-order valence-corrected chi connectivity index (χ4v) is 2.98. The number of carbonyl (C=O) groups is 2. The van der Waals surface area contributed by atoms with E-state index in [1.165, 1.54) is 6.07 Å². The number of halogens is 6. The molecule has 1 aliphatic rings. The van der Waals surface area contributed by atoms with Gasteiger partial charge in [0.15, 0.2) is 28.9 Å². The van der Waals surface area contributed by atoms with Gasteiger partial charge in [-0.05, 0) is 19.1 Å². The van der Waals surface area contributed by atoms with Crippen LogP contribution >= 0.6 is 0 Å². The topological polar surface area (TPSA) is 70.8 Å². The van der Waals surface area contributed by atoms with Crippen molar-refractivity contribution in [3.8, 4) is 6.07 Å². The van der Waals surface area contributed by atoms with Gasteiger partial charge in [0, 0.05) is 29.3 Å². The Balaban J connectivity index is 2.10. The summed E-state index contributed by atoms with van der Waals surface area (Å²) in [6, 6.07) is 2.91. The van der Waals surface area contributed by atoms with E-state index >= 15 is 0 Å². The number of hydrogen-bond donors (Lipinski definition) is 0. The molecule has 0 amide bonds. The van der Waals surface area contributed by atoms with E-state index in [1.54, 1.807) is 0 Å².